The van der Waals surface area contributed by atoms with Crippen LogP contribution in [-0.2, 0) is 30.1 Å². The van der Waals surface area contributed by atoms with Crippen LogP contribution in [0.4, 0.5) is 9.59 Å². The second kappa shape index (κ2) is 28.9. The maximum Gasteiger partial charge on any atom is 0.508 e. The molecule has 0 aliphatic heterocycles. The Morgan fingerprint density at radius 2 is 0.831 bits per heavy atom. The molecular weight excluding hydrogens is 749 g/mol. The number of ether oxygens (including phenoxy) is 6. The van der Waals surface area contributed by atoms with E-state index in [0.29, 0.717) is 64.6 Å². The molecular formula is C49H78O10. The SMILES string of the molecule is CCCCCCCCOc1ccc(C2(O)CCC(OC(=O)OCCC)CC2)cc1.CCCCCCCCOc1ccc(C2(O)CCC(OC(=O)OCCCC)CC2)cc1. The molecule has 2 aromatic rings. The quantitative estimate of drug-likeness (QED) is 0.0737. The molecule has 2 N–H and O–H groups in total. The monoisotopic (exact) mass is 827 g/mol. The molecule has 0 radical (unpaired) electrons. The van der Waals surface area contributed by atoms with Crippen molar-refractivity contribution in [3.63, 3.8) is 0 Å². The fraction of sp³-hybridized carbons (Fsp3) is 0.714. The van der Waals surface area contributed by atoms with Crippen molar-refractivity contribution < 1.29 is 48.2 Å². The Kier molecular flexibility index (Phi) is 24.4. The van der Waals surface area contributed by atoms with Gasteiger partial charge in [0.25, 0.3) is 0 Å². The van der Waals surface area contributed by atoms with Crippen LogP contribution in [0.5, 0.6) is 11.5 Å². The number of aliphatic hydroxyl groups is 2. The van der Waals surface area contributed by atoms with Crippen LogP contribution in [0.15, 0.2) is 48.5 Å². The summed E-state index contributed by atoms with van der Waals surface area (Å²) >= 11 is 0. The summed E-state index contributed by atoms with van der Waals surface area (Å²) in [6.07, 6.45) is 20.8. The summed E-state index contributed by atoms with van der Waals surface area (Å²) in [5.41, 5.74) is 0.0595. The molecule has 59 heavy (non-hydrogen) atoms. The Balaban J connectivity index is 0.000000316. The topological polar surface area (TPSA) is 130 Å². The third kappa shape index (κ3) is 19.6. The van der Waals surface area contributed by atoms with Gasteiger partial charge in [-0.05, 0) is 112 Å². The molecule has 0 bridgehead atoms. The lowest BCUT2D eigenvalue weighted by Gasteiger charge is -2.36. The normalized spacial score (nSPS) is 21.4. The third-order valence-electron chi connectivity index (χ3n) is 11.5. The van der Waals surface area contributed by atoms with E-state index in [1.807, 2.05) is 62.4 Å². The highest BCUT2D eigenvalue weighted by Crippen LogP contribution is 2.40. The first kappa shape index (κ1) is 49.9. The van der Waals surface area contributed by atoms with Gasteiger partial charge in [-0.25, -0.2) is 9.59 Å². The highest BCUT2D eigenvalue weighted by atomic mass is 16.7. The molecule has 2 aromatic carbocycles. The van der Waals surface area contributed by atoms with Gasteiger partial charge in [0, 0.05) is 0 Å². The summed E-state index contributed by atoms with van der Waals surface area (Å²) in [5.74, 6) is 1.70. The van der Waals surface area contributed by atoms with Gasteiger partial charge in [0.15, 0.2) is 0 Å². The lowest BCUT2D eigenvalue weighted by atomic mass is 9.78. The van der Waals surface area contributed by atoms with Crippen LogP contribution in [0.3, 0.4) is 0 Å². The van der Waals surface area contributed by atoms with Crippen molar-refractivity contribution in [1.29, 1.82) is 0 Å². The van der Waals surface area contributed by atoms with Gasteiger partial charge >= 0.3 is 12.3 Å². The molecule has 10 heteroatoms. The third-order valence-corrected chi connectivity index (χ3v) is 11.5. The van der Waals surface area contributed by atoms with Crippen LogP contribution in [0.2, 0.25) is 0 Å². The minimum absolute atomic E-state index is 0.181. The molecule has 0 atom stereocenters. The molecule has 2 aliphatic rings. The van der Waals surface area contributed by atoms with Crippen molar-refractivity contribution in [2.24, 2.45) is 0 Å². The van der Waals surface area contributed by atoms with E-state index in [1.54, 1.807) is 0 Å². The molecule has 0 unspecified atom stereocenters. The average molecular weight is 827 g/mol. The minimum atomic E-state index is -0.871. The zero-order valence-electron chi connectivity index (χ0n) is 37.0. The van der Waals surface area contributed by atoms with E-state index in [-0.39, 0.29) is 12.2 Å². The molecule has 4 rings (SSSR count). The molecule has 0 spiro atoms. The minimum Gasteiger partial charge on any atom is -0.494 e. The van der Waals surface area contributed by atoms with Crippen molar-refractivity contribution >= 4 is 12.3 Å². The second-order valence-electron chi connectivity index (χ2n) is 16.5. The van der Waals surface area contributed by atoms with Crippen LogP contribution in [-0.4, -0.2) is 61.2 Å². The maximum atomic E-state index is 11.7. The Bertz CT molecular complexity index is 1380. The zero-order valence-corrected chi connectivity index (χ0v) is 37.0. The number of benzene rings is 2. The number of carbonyl (C=O) groups is 2. The zero-order chi connectivity index (χ0) is 42.6. The standard InChI is InChI=1S/C25H40O5.C24H38O5/c1-3-5-7-8-9-10-20-28-22-13-11-21(12-14-22)25(27)17-15-23(16-18-25)30-24(26)29-19-6-4-2;1-3-5-6-7-8-9-19-27-21-12-10-20(11-13-21)24(26)16-14-22(15-17-24)29-23(25)28-18-4-2/h11-14,23,27H,3-10,15-20H2,1-2H3;10-13,22,26H,3-9,14-19H2,1-2H3. The van der Waals surface area contributed by atoms with Crippen molar-refractivity contribution in [1.82, 2.24) is 0 Å². The first-order valence-corrected chi connectivity index (χ1v) is 23.2. The Hall–Kier alpha value is -3.50. The highest BCUT2D eigenvalue weighted by Gasteiger charge is 2.37. The number of hydrogen-bond donors (Lipinski definition) is 2. The number of unbranched alkanes of at least 4 members (excludes halogenated alkanes) is 11. The summed E-state index contributed by atoms with van der Waals surface area (Å²) in [5, 5.41) is 22.1. The molecule has 2 aliphatic carbocycles. The van der Waals surface area contributed by atoms with E-state index >= 15 is 0 Å². The van der Waals surface area contributed by atoms with Gasteiger partial charge in [0.1, 0.15) is 23.7 Å². The van der Waals surface area contributed by atoms with Crippen LogP contribution in [0.25, 0.3) is 0 Å². The summed E-state index contributed by atoms with van der Waals surface area (Å²) in [4.78, 5) is 23.3. The predicted molar refractivity (Wildman–Crippen MR) is 233 cm³/mol. The fourth-order valence-electron chi connectivity index (χ4n) is 7.64. The molecule has 0 saturated heterocycles. The van der Waals surface area contributed by atoms with Crippen molar-refractivity contribution in [2.45, 2.75) is 199 Å². The van der Waals surface area contributed by atoms with E-state index in [4.69, 9.17) is 28.4 Å². The van der Waals surface area contributed by atoms with Crippen LogP contribution >= 0.6 is 0 Å². The van der Waals surface area contributed by atoms with Gasteiger partial charge in [0.2, 0.25) is 0 Å². The van der Waals surface area contributed by atoms with E-state index in [2.05, 4.69) is 13.8 Å². The summed E-state index contributed by atoms with van der Waals surface area (Å²) < 4.78 is 32.4. The number of carbonyl (C=O) groups excluding carboxylic acids is 2. The first-order valence-electron chi connectivity index (χ1n) is 23.2. The average Bonchev–Trinajstić information content (AvgIpc) is 3.25. The summed E-state index contributed by atoms with van der Waals surface area (Å²) in [7, 11) is 0. The van der Waals surface area contributed by atoms with Gasteiger partial charge in [0.05, 0.1) is 37.6 Å². The number of hydrogen-bond acceptors (Lipinski definition) is 10. The second-order valence-corrected chi connectivity index (χ2v) is 16.5. The molecule has 2 fully saturated rings. The van der Waals surface area contributed by atoms with E-state index in [0.717, 1.165) is 67.9 Å². The smallest absolute Gasteiger partial charge is 0.494 e. The lowest BCUT2D eigenvalue weighted by molar-refractivity contribution is -0.0537. The van der Waals surface area contributed by atoms with Crippen molar-refractivity contribution in [2.75, 3.05) is 26.4 Å². The summed E-state index contributed by atoms with van der Waals surface area (Å²) in [6, 6.07) is 15.6. The van der Waals surface area contributed by atoms with E-state index in [1.165, 1.54) is 64.2 Å². The van der Waals surface area contributed by atoms with Crippen LogP contribution in [0.1, 0.15) is 187 Å². The Morgan fingerprint density at radius 1 is 0.475 bits per heavy atom. The van der Waals surface area contributed by atoms with Crippen LogP contribution < -0.4 is 9.47 Å². The molecule has 2 saturated carbocycles. The van der Waals surface area contributed by atoms with Gasteiger partial charge in [-0.3, -0.25) is 0 Å². The van der Waals surface area contributed by atoms with Gasteiger partial charge < -0.3 is 38.6 Å². The van der Waals surface area contributed by atoms with Crippen molar-refractivity contribution in [3.05, 3.63) is 59.7 Å². The Morgan fingerprint density at radius 3 is 1.20 bits per heavy atom. The first-order chi connectivity index (χ1) is 28.6. The van der Waals surface area contributed by atoms with E-state index in [9.17, 15) is 19.8 Å². The van der Waals surface area contributed by atoms with Gasteiger partial charge in [-0.2, -0.15) is 0 Å². The summed E-state index contributed by atoms with van der Waals surface area (Å²) in [6.45, 7) is 10.7. The van der Waals surface area contributed by atoms with Crippen LogP contribution in [0, 0.1) is 0 Å². The molecule has 0 aromatic heterocycles. The molecule has 334 valence electrons. The van der Waals surface area contributed by atoms with Crippen molar-refractivity contribution in [3.8, 4) is 11.5 Å². The molecule has 10 nitrogen and oxygen atoms in total. The fourth-order valence-corrected chi connectivity index (χ4v) is 7.64. The predicted octanol–water partition coefficient (Wildman–Crippen LogP) is 12.6. The largest absolute Gasteiger partial charge is 0.508 e. The maximum absolute atomic E-state index is 11.7. The number of rotatable bonds is 25. The molecule has 0 heterocycles. The lowest BCUT2D eigenvalue weighted by Crippen LogP contribution is -2.35. The van der Waals surface area contributed by atoms with Gasteiger partial charge in [-0.1, -0.05) is 123 Å². The van der Waals surface area contributed by atoms with Gasteiger partial charge in [-0.15, -0.1) is 0 Å². The van der Waals surface area contributed by atoms with E-state index < -0.39 is 23.5 Å². The molecule has 0 amide bonds. The highest BCUT2D eigenvalue weighted by molar-refractivity contribution is 5.60. The Labute approximate surface area is 356 Å².